The van der Waals surface area contributed by atoms with Crippen molar-refractivity contribution in [1.82, 2.24) is 5.32 Å². The minimum absolute atomic E-state index is 0. The molecule has 1 heterocycles. The van der Waals surface area contributed by atoms with Gasteiger partial charge in [-0.3, -0.25) is 0 Å². The van der Waals surface area contributed by atoms with Crippen molar-refractivity contribution < 1.29 is 19.0 Å². The molecule has 1 unspecified atom stereocenters. The molecule has 5 rings (SSSR count). The number of para-hydroxylation sites is 1. The Kier molecular flexibility index (Phi) is 7.62. The second-order valence-corrected chi connectivity index (χ2v) is 9.20. The number of benzene rings is 4. The second-order valence-electron chi connectivity index (χ2n) is 9.20. The quantitative estimate of drug-likeness (QED) is 0.295. The SMILES string of the molecule is Cc1c(C(=O)O)ccc(F)c1[C@@H]1C[C@H](CNC(C)c2cccc3ccccc23)Oc2ccccc21.Cl. The number of aromatic carboxylic acids is 1. The standard InChI is InChI=1S/C30H28FNO3.ClH/c1-18-22(30(33)34)14-15-27(31)29(18)26-16-21(35-28-13-6-5-11-25(26)28)17-32-19(2)23-12-7-9-20-8-3-4-10-24(20)23;/h3-15,19,21,26,32H,16-17H2,1-2H3,(H,33,34);1H/t19?,21-,26-;/m1./s1. The number of halogens is 2. The average molecular weight is 506 g/mol. The van der Waals surface area contributed by atoms with Gasteiger partial charge in [0.25, 0.3) is 0 Å². The zero-order valence-corrected chi connectivity index (χ0v) is 21.0. The van der Waals surface area contributed by atoms with E-state index in [0.717, 1.165) is 5.56 Å². The Bertz CT molecular complexity index is 1400. The molecule has 0 aliphatic carbocycles. The van der Waals surface area contributed by atoms with E-state index < -0.39 is 5.97 Å². The van der Waals surface area contributed by atoms with Crippen molar-refractivity contribution in [3.8, 4) is 5.75 Å². The first-order chi connectivity index (χ1) is 16.9. The second kappa shape index (κ2) is 10.7. The van der Waals surface area contributed by atoms with Crippen molar-refractivity contribution in [2.75, 3.05) is 6.54 Å². The zero-order chi connectivity index (χ0) is 24.5. The van der Waals surface area contributed by atoms with E-state index in [1.54, 1.807) is 6.92 Å². The molecule has 0 aromatic heterocycles. The van der Waals surface area contributed by atoms with Gasteiger partial charge in [-0.15, -0.1) is 12.4 Å². The van der Waals surface area contributed by atoms with Crippen LogP contribution in [0.25, 0.3) is 10.8 Å². The van der Waals surface area contributed by atoms with Gasteiger partial charge in [0.15, 0.2) is 0 Å². The van der Waals surface area contributed by atoms with Crippen LogP contribution in [0.2, 0.25) is 0 Å². The van der Waals surface area contributed by atoms with Crippen molar-refractivity contribution >= 4 is 29.1 Å². The van der Waals surface area contributed by atoms with Gasteiger partial charge in [0.2, 0.25) is 0 Å². The van der Waals surface area contributed by atoms with Gasteiger partial charge in [-0.25, -0.2) is 9.18 Å². The molecule has 0 bridgehead atoms. The Morgan fingerprint density at radius 2 is 1.78 bits per heavy atom. The van der Waals surface area contributed by atoms with E-state index in [0.29, 0.717) is 29.8 Å². The first-order valence-electron chi connectivity index (χ1n) is 11.9. The smallest absolute Gasteiger partial charge is 0.335 e. The van der Waals surface area contributed by atoms with Gasteiger partial charge >= 0.3 is 5.97 Å². The van der Waals surface area contributed by atoms with Crippen LogP contribution >= 0.6 is 12.4 Å². The topological polar surface area (TPSA) is 58.6 Å². The van der Waals surface area contributed by atoms with E-state index in [4.69, 9.17) is 4.74 Å². The summed E-state index contributed by atoms with van der Waals surface area (Å²) in [4.78, 5) is 11.7. The molecule has 4 aromatic rings. The van der Waals surface area contributed by atoms with Gasteiger partial charge < -0.3 is 15.2 Å². The van der Waals surface area contributed by atoms with Crippen LogP contribution in [0.3, 0.4) is 0 Å². The number of ether oxygens (including phenoxy) is 1. The number of fused-ring (bicyclic) bond motifs is 2. The Morgan fingerprint density at radius 3 is 2.58 bits per heavy atom. The minimum atomic E-state index is -1.05. The van der Waals surface area contributed by atoms with Crippen molar-refractivity contribution in [2.45, 2.75) is 38.3 Å². The van der Waals surface area contributed by atoms with Crippen molar-refractivity contribution in [2.24, 2.45) is 0 Å². The molecule has 0 fully saturated rings. The maximum Gasteiger partial charge on any atom is 0.335 e. The molecule has 4 aromatic carbocycles. The summed E-state index contributed by atoms with van der Waals surface area (Å²) in [5, 5.41) is 15.6. The summed E-state index contributed by atoms with van der Waals surface area (Å²) in [6.07, 6.45) is 0.354. The predicted molar refractivity (Wildman–Crippen MR) is 143 cm³/mol. The zero-order valence-electron chi connectivity index (χ0n) is 20.2. The third-order valence-electron chi connectivity index (χ3n) is 7.07. The molecule has 6 heteroatoms. The normalized spacial score (nSPS) is 17.5. The summed E-state index contributed by atoms with van der Waals surface area (Å²) in [5.41, 5.74) is 3.13. The maximum absolute atomic E-state index is 15.1. The molecule has 2 N–H and O–H groups in total. The number of hydrogen-bond donors (Lipinski definition) is 2. The summed E-state index contributed by atoms with van der Waals surface area (Å²) in [5.74, 6) is -1.01. The van der Waals surface area contributed by atoms with Crippen LogP contribution in [-0.4, -0.2) is 23.7 Å². The lowest BCUT2D eigenvalue weighted by atomic mass is 9.81. The summed E-state index contributed by atoms with van der Waals surface area (Å²) >= 11 is 0. The van der Waals surface area contributed by atoms with E-state index in [-0.39, 0.29) is 41.9 Å². The number of carboxylic acid groups (broad SMARTS) is 1. The predicted octanol–water partition coefficient (Wildman–Crippen LogP) is 7.04. The molecule has 0 saturated heterocycles. The van der Waals surface area contributed by atoms with E-state index in [2.05, 4.69) is 42.6 Å². The molecule has 4 nitrogen and oxygen atoms in total. The average Bonchev–Trinajstić information content (AvgIpc) is 2.86. The van der Waals surface area contributed by atoms with Gasteiger partial charge in [0.1, 0.15) is 17.7 Å². The van der Waals surface area contributed by atoms with Crippen LogP contribution in [0, 0.1) is 12.7 Å². The number of nitrogens with one attached hydrogen (secondary N) is 1. The highest BCUT2D eigenvalue weighted by Gasteiger charge is 2.33. The lowest BCUT2D eigenvalue weighted by Gasteiger charge is -2.34. The third-order valence-corrected chi connectivity index (χ3v) is 7.07. The Morgan fingerprint density at radius 1 is 1.06 bits per heavy atom. The number of hydrogen-bond acceptors (Lipinski definition) is 3. The molecule has 1 aliphatic heterocycles. The van der Waals surface area contributed by atoms with Gasteiger partial charge in [0.05, 0.1) is 5.56 Å². The number of carboxylic acids is 1. The fourth-order valence-corrected chi connectivity index (χ4v) is 5.29. The molecular formula is C30H29ClFNO3. The Labute approximate surface area is 216 Å². The van der Waals surface area contributed by atoms with E-state index in [9.17, 15) is 9.90 Å². The number of rotatable bonds is 6. The van der Waals surface area contributed by atoms with Crippen LogP contribution in [0.5, 0.6) is 5.75 Å². The fraction of sp³-hybridized carbons (Fsp3) is 0.233. The Hall–Kier alpha value is -3.41. The van der Waals surface area contributed by atoms with Crippen LogP contribution in [0.1, 0.15) is 57.9 Å². The molecular weight excluding hydrogens is 477 g/mol. The van der Waals surface area contributed by atoms with Crippen molar-refractivity contribution in [3.63, 3.8) is 0 Å². The highest BCUT2D eigenvalue weighted by molar-refractivity contribution is 5.90. The van der Waals surface area contributed by atoms with E-state index in [1.165, 1.54) is 28.5 Å². The third kappa shape index (κ3) is 4.81. The molecule has 36 heavy (non-hydrogen) atoms. The largest absolute Gasteiger partial charge is 0.489 e. The molecule has 3 atom stereocenters. The highest BCUT2D eigenvalue weighted by Crippen LogP contribution is 2.43. The minimum Gasteiger partial charge on any atom is -0.489 e. The number of carbonyl (C=O) groups is 1. The maximum atomic E-state index is 15.1. The molecule has 1 aliphatic rings. The first-order valence-corrected chi connectivity index (χ1v) is 11.9. The summed E-state index contributed by atoms with van der Waals surface area (Å²) in [7, 11) is 0. The fourth-order valence-electron chi connectivity index (χ4n) is 5.29. The Balaban J connectivity index is 0.00000304. The highest BCUT2D eigenvalue weighted by atomic mass is 35.5. The van der Waals surface area contributed by atoms with Crippen LogP contribution in [0.15, 0.2) is 78.9 Å². The van der Waals surface area contributed by atoms with Gasteiger partial charge in [-0.1, -0.05) is 60.7 Å². The lowest BCUT2D eigenvalue weighted by molar-refractivity contribution is 0.0696. The molecule has 0 spiro atoms. The molecule has 186 valence electrons. The van der Waals surface area contributed by atoms with Crippen LogP contribution in [0.4, 0.5) is 4.39 Å². The molecule has 0 saturated carbocycles. The summed E-state index contributed by atoms with van der Waals surface area (Å²) in [6, 6.07) is 25.0. The van der Waals surface area contributed by atoms with Gasteiger partial charge in [0, 0.05) is 24.1 Å². The monoisotopic (exact) mass is 505 g/mol. The summed E-state index contributed by atoms with van der Waals surface area (Å²) < 4.78 is 21.4. The van der Waals surface area contributed by atoms with Gasteiger partial charge in [-0.2, -0.15) is 0 Å². The van der Waals surface area contributed by atoms with Crippen molar-refractivity contribution in [3.05, 3.63) is 112 Å². The molecule has 0 amide bonds. The first kappa shape index (κ1) is 25.7. The molecule has 0 radical (unpaired) electrons. The summed E-state index contributed by atoms with van der Waals surface area (Å²) in [6.45, 7) is 4.40. The van der Waals surface area contributed by atoms with Crippen molar-refractivity contribution in [1.29, 1.82) is 0 Å². The van der Waals surface area contributed by atoms with Crippen LogP contribution in [-0.2, 0) is 0 Å². The van der Waals surface area contributed by atoms with E-state index in [1.807, 2.05) is 36.4 Å². The lowest BCUT2D eigenvalue weighted by Crippen LogP contribution is -2.37. The van der Waals surface area contributed by atoms with Gasteiger partial charge in [-0.05, 0) is 65.9 Å². The van der Waals surface area contributed by atoms with Crippen LogP contribution < -0.4 is 10.1 Å². The van der Waals surface area contributed by atoms with E-state index >= 15 is 4.39 Å².